The van der Waals surface area contributed by atoms with E-state index in [2.05, 4.69) is 125 Å². The Morgan fingerprint density at radius 1 is 0.823 bits per heavy atom. The molecule has 0 aliphatic carbocycles. The third kappa shape index (κ3) is 8.64. The topological polar surface area (TPSA) is 160 Å². The maximum Gasteiger partial charge on any atom is 0.325 e. The van der Waals surface area contributed by atoms with Gasteiger partial charge in [0, 0.05) is 54.0 Å². The van der Waals surface area contributed by atoms with E-state index in [1.807, 2.05) is 36.4 Å². The minimum atomic E-state index is -1.22. The molecule has 3 aliphatic heterocycles. The summed E-state index contributed by atoms with van der Waals surface area (Å²) >= 11 is 0. The number of hydrogen-bond acceptors (Lipinski definition) is 6. The highest BCUT2D eigenvalue weighted by molar-refractivity contribution is 6.08. The summed E-state index contributed by atoms with van der Waals surface area (Å²) in [5.41, 5.74) is 5.72. The predicted octanol–water partition coefficient (Wildman–Crippen LogP) is 6.43. The smallest absolute Gasteiger partial charge is 0.325 e. The molecule has 5 N–H and O–H groups in total. The molecule has 4 amide bonds. The fourth-order valence-corrected chi connectivity index (χ4v) is 9.28. The Morgan fingerprint density at radius 3 is 2.21 bits per heavy atom. The normalized spacial score (nSPS) is 21.4. The van der Waals surface area contributed by atoms with Crippen LogP contribution in [0.25, 0.3) is 21.5 Å². The number of amides is 4. The number of fused-ring (bicyclic) bond motifs is 9. The number of anilines is 1. The Balaban J connectivity index is 1.25. The first-order valence-corrected chi connectivity index (χ1v) is 21.5. The van der Waals surface area contributed by atoms with Gasteiger partial charge in [0.2, 0.25) is 29.3 Å². The first-order chi connectivity index (χ1) is 29.6. The average molecular weight is 838 g/mol. The SMILES string of the molecule is C[C@H](NC(=O)[C@@H]1CCCNC(=O)CC[N+]2=C(C=CC=CC=C3N(CCC(=O)N[C@@H](C)C(=O)N1)c1ccc4ccccc4c1C3(C)C)C(C)(C)c1c2ccc2ccccc12)C(=O)O. The predicted molar refractivity (Wildman–Crippen MR) is 244 cm³/mol. The number of allylic oxidation sites excluding steroid dienone is 6. The second-order valence-corrected chi connectivity index (χ2v) is 17.5. The molecule has 0 saturated heterocycles. The van der Waals surface area contributed by atoms with Crippen molar-refractivity contribution in [3.8, 4) is 0 Å². The van der Waals surface area contributed by atoms with Crippen LogP contribution < -0.4 is 26.2 Å². The van der Waals surface area contributed by atoms with Crippen molar-refractivity contribution in [1.29, 1.82) is 0 Å². The summed E-state index contributed by atoms with van der Waals surface area (Å²) in [4.78, 5) is 67.4. The molecule has 0 unspecified atom stereocenters. The summed E-state index contributed by atoms with van der Waals surface area (Å²) in [5, 5.41) is 24.9. The zero-order valence-electron chi connectivity index (χ0n) is 36.4. The molecule has 7 rings (SSSR count). The summed E-state index contributed by atoms with van der Waals surface area (Å²) < 4.78 is 2.23. The van der Waals surface area contributed by atoms with Gasteiger partial charge in [0.15, 0.2) is 12.3 Å². The van der Waals surface area contributed by atoms with Crippen molar-refractivity contribution in [2.75, 3.05) is 24.5 Å². The molecule has 4 aromatic carbocycles. The van der Waals surface area contributed by atoms with Crippen LogP contribution in [0.15, 0.2) is 109 Å². The largest absolute Gasteiger partial charge is 0.480 e. The van der Waals surface area contributed by atoms with Crippen LogP contribution in [0.3, 0.4) is 0 Å². The molecule has 0 bridgehead atoms. The van der Waals surface area contributed by atoms with Gasteiger partial charge in [0.1, 0.15) is 18.1 Å². The number of nitrogens with one attached hydrogen (secondary N) is 4. The third-order valence-electron chi connectivity index (χ3n) is 12.5. The zero-order valence-corrected chi connectivity index (χ0v) is 36.4. The van der Waals surface area contributed by atoms with Crippen molar-refractivity contribution >= 4 is 68.2 Å². The summed E-state index contributed by atoms with van der Waals surface area (Å²) in [6.45, 7) is 12.7. The molecule has 3 aliphatic rings. The lowest BCUT2D eigenvalue weighted by Crippen LogP contribution is -2.54. The molecule has 0 aromatic heterocycles. The van der Waals surface area contributed by atoms with Crippen LogP contribution in [0.4, 0.5) is 11.4 Å². The monoisotopic (exact) mass is 837 g/mol. The molecule has 12 nitrogen and oxygen atoms in total. The number of carboxylic acids is 1. The van der Waals surface area contributed by atoms with Crippen LogP contribution in [-0.4, -0.2) is 82.8 Å². The number of carboxylic acid groups (broad SMARTS) is 1. The quantitative estimate of drug-likeness (QED) is 0.149. The minimum absolute atomic E-state index is 0.0825. The van der Waals surface area contributed by atoms with E-state index < -0.39 is 41.3 Å². The number of rotatable bonds is 3. The second kappa shape index (κ2) is 17.8. The molecule has 322 valence electrons. The number of carbonyl (C=O) groups excluding carboxylic acids is 4. The first-order valence-electron chi connectivity index (χ1n) is 21.5. The zero-order chi connectivity index (χ0) is 44.3. The van der Waals surface area contributed by atoms with E-state index in [0.29, 0.717) is 19.5 Å². The van der Waals surface area contributed by atoms with E-state index in [-0.39, 0.29) is 43.0 Å². The van der Waals surface area contributed by atoms with Crippen LogP contribution in [0, 0.1) is 0 Å². The molecular formula is C50H57N6O6+. The number of aliphatic carboxylic acids is 1. The van der Waals surface area contributed by atoms with Gasteiger partial charge in [-0.3, -0.25) is 24.0 Å². The number of carbonyl (C=O) groups is 5. The summed E-state index contributed by atoms with van der Waals surface area (Å²) in [7, 11) is 0. The molecule has 62 heavy (non-hydrogen) atoms. The number of hydrogen-bond donors (Lipinski definition) is 5. The van der Waals surface area contributed by atoms with Crippen molar-refractivity contribution in [2.45, 2.75) is 96.2 Å². The molecule has 0 radical (unpaired) electrons. The molecule has 0 spiro atoms. The van der Waals surface area contributed by atoms with Crippen molar-refractivity contribution < 1.29 is 33.7 Å². The van der Waals surface area contributed by atoms with Crippen molar-refractivity contribution in [1.82, 2.24) is 21.3 Å². The van der Waals surface area contributed by atoms with Crippen LogP contribution in [0.2, 0.25) is 0 Å². The standard InChI is InChI=1S/C50H56N6O6/c1-31-46(59)54-37(47(60)53-32(2)48(61)62)19-14-28-51-42(57)26-29-55-38-24-22-33-15-10-12-17-35(33)44(38)49(3,4)40(55)20-8-7-9-21-41-50(5,6)45-36-18-13-11-16-34(36)23-25-39(45)56(41)30-27-43(58)52-31/h7-13,15-18,20-25,31-32,37H,14,19,26-30H2,1-6H3,(H4-,51,52,53,54,57,58,59,60,61,62)/p+1/t31-,32-,37-/m0/s1. The van der Waals surface area contributed by atoms with E-state index in [9.17, 15) is 29.1 Å². The molecule has 12 heteroatoms. The lowest BCUT2D eigenvalue weighted by molar-refractivity contribution is -0.436. The minimum Gasteiger partial charge on any atom is -0.480 e. The van der Waals surface area contributed by atoms with Crippen molar-refractivity contribution in [2.24, 2.45) is 0 Å². The van der Waals surface area contributed by atoms with E-state index in [4.69, 9.17) is 0 Å². The van der Waals surface area contributed by atoms with E-state index in [1.165, 1.54) is 23.4 Å². The van der Waals surface area contributed by atoms with Gasteiger partial charge in [-0.2, -0.15) is 4.58 Å². The molecule has 3 atom stereocenters. The highest BCUT2D eigenvalue weighted by atomic mass is 16.4. The van der Waals surface area contributed by atoms with Gasteiger partial charge in [-0.15, -0.1) is 0 Å². The van der Waals surface area contributed by atoms with Gasteiger partial charge in [0.25, 0.3) is 0 Å². The van der Waals surface area contributed by atoms with Crippen molar-refractivity contribution in [3.63, 3.8) is 0 Å². The fraction of sp³-hybridized carbons (Fsp3) is 0.360. The van der Waals surface area contributed by atoms with Crippen molar-refractivity contribution in [3.05, 3.63) is 120 Å². The summed E-state index contributed by atoms with van der Waals surface area (Å²) in [6, 6.07) is 21.9. The summed E-state index contributed by atoms with van der Waals surface area (Å²) in [6.07, 6.45) is 11.1. The molecule has 4 aromatic rings. The van der Waals surface area contributed by atoms with Gasteiger partial charge in [-0.25, -0.2) is 0 Å². The highest BCUT2D eigenvalue weighted by Gasteiger charge is 2.46. The van der Waals surface area contributed by atoms with Gasteiger partial charge in [-0.05, 0) is 85.9 Å². The average Bonchev–Trinajstić information content (AvgIpc) is 3.60. The van der Waals surface area contributed by atoms with Gasteiger partial charge < -0.3 is 31.3 Å². The lowest BCUT2D eigenvalue weighted by Gasteiger charge is -2.27. The van der Waals surface area contributed by atoms with Gasteiger partial charge in [-0.1, -0.05) is 86.7 Å². The number of nitrogens with zero attached hydrogens (tertiary/aromatic N) is 2. The van der Waals surface area contributed by atoms with Gasteiger partial charge >= 0.3 is 5.97 Å². The van der Waals surface area contributed by atoms with Crippen LogP contribution in [-0.2, 0) is 34.8 Å². The Bertz CT molecular complexity index is 2580. The van der Waals surface area contributed by atoms with E-state index in [1.54, 1.807) is 6.92 Å². The lowest BCUT2D eigenvalue weighted by atomic mass is 9.79. The Morgan fingerprint density at radius 2 is 1.50 bits per heavy atom. The Labute approximate surface area is 362 Å². The maximum atomic E-state index is 13.5. The second-order valence-electron chi connectivity index (χ2n) is 17.5. The van der Waals surface area contributed by atoms with E-state index >= 15 is 0 Å². The van der Waals surface area contributed by atoms with E-state index in [0.717, 1.165) is 38.9 Å². The molecule has 0 saturated carbocycles. The summed E-state index contributed by atoms with van der Waals surface area (Å²) in [5.74, 6) is -2.99. The highest BCUT2D eigenvalue weighted by Crippen LogP contribution is 2.51. The fourth-order valence-electron chi connectivity index (χ4n) is 9.28. The molecule has 0 fully saturated rings. The third-order valence-corrected chi connectivity index (χ3v) is 12.5. The maximum absolute atomic E-state index is 13.5. The first kappa shape index (κ1) is 43.5. The van der Waals surface area contributed by atoms with Crippen LogP contribution in [0.5, 0.6) is 0 Å². The van der Waals surface area contributed by atoms with Crippen LogP contribution in [0.1, 0.15) is 78.4 Å². The Hall–Kier alpha value is -6.56. The Kier molecular flexibility index (Phi) is 12.5. The molecule has 3 heterocycles. The molecular weight excluding hydrogens is 781 g/mol. The number of benzene rings is 4. The van der Waals surface area contributed by atoms with Crippen LogP contribution >= 0.6 is 0 Å². The van der Waals surface area contributed by atoms with Gasteiger partial charge in [0.05, 0.1) is 11.8 Å².